The number of hydrogen-bond donors (Lipinski definition) is 1. The van der Waals surface area contributed by atoms with Crippen LogP contribution in [-0.4, -0.2) is 19.6 Å². The van der Waals surface area contributed by atoms with Crippen molar-refractivity contribution in [3.8, 4) is 0 Å². The highest BCUT2D eigenvalue weighted by Crippen LogP contribution is 2.60. The van der Waals surface area contributed by atoms with Gasteiger partial charge in [0, 0.05) is 13.7 Å². The van der Waals surface area contributed by atoms with E-state index >= 15 is 4.39 Å². The Morgan fingerprint density at radius 1 is 1.06 bits per heavy atom. The van der Waals surface area contributed by atoms with Crippen LogP contribution in [0.25, 0.3) is 0 Å². The summed E-state index contributed by atoms with van der Waals surface area (Å²) in [4.78, 5) is 12.6. The zero-order chi connectivity index (χ0) is 24.1. The lowest BCUT2D eigenvalue weighted by molar-refractivity contribution is -0.147. The second-order valence-corrected chi connectivity index (χ2v) is 9.59. The van der Waals surface area contributed by atoms with E-state index in [0.29, 0.717) is 6.54 Å². The van der Waals surface area contributed by atoms with E-state index in [1.807, 2.05) is 13.8 Å². The average Bonchev–Trinajstić information content (AvgIpc) is 3.26. The zero-order valence-corrected chi connectivity index (χ0v) is 20.3. The molecule has 0 spiro atoms. The van der Waals surface area contributed by atoms with Crippen LogP contribution in [0.5, 0.6) is 0 Å². The van der Waals surface area contributed by atoms with Crippen molar-refractivity contribution in [1.82, 2.24) is 0 Å². The third-order valence-corrected chi connectivity index (χ3v) is 6.21. The van der Waals surface area contributed by atoms with Crippen LogP contribution in [0.4, 0.5) is 18.9 Å². The third-order valence-electron chi connectivity index (χ3n) is 5.96. The van der Waals surface area contributed by atoms with Crippen molar-refractivity contribution in [1.29, 1.82) is 0 Å². The summed E-state index contributed by atoms with van der Waals surface area (Å²) in [5.74, 6) is -4.95. The molecule has 1 aliphatic carbocycles. The van der Waals surface area contributed by atoms with Crippen LogP contribution in [0.1, 0.15) is 57.6 Å². The highest BCUT2D eigenvalue weighted by molar-refractivity contribution is 6.55. The highest BCUT2D eigenvalue weighted by atomic mass is 35.5. The number of unbranched alkanes of at least 4 members (excludes halogenated alkanes) is 3. The maximum atomic E-state index is 15.0. The SMILES string of the molecule is CCCCCCNc1c(F)c(COC)c(F)c(F)c1COC(=O)[C@H]1[C@H](C=C(Cl)Cl)C1(C)C. The van der Waals surface area contributed by atoms with Gasteiger partial charge in [0.1, 0.15) is 11.1 Å². The summed E-state index contributed by atoms with van der Waals surface area (Å²) in [7, 11) is 1.26. The van der Waals surface area contributed by atoms with Crippen molar-refractivity contribution < 1.29 is 27.4 Å². The number of rotatable bonds is 12. The smallest absolute Gasteiger partial charge is 0.310 e. The minimum Gasteiger partial charge on any atom is -0.460 e. The molecule has 0 aliphatic heterocycles. The first-order valence-electron chi connectivity index (χ1n) is 10.7. The summed E-state index contributed by atoms with van der Waals surface area (Å²) >= 11 is 11.4. The van der Waals surface area contributed by atoms with Crippen molar-refractivity contribution in [2.24, 2.45) is 17.3 Å². The maximum absolute atomic E-state index is 15.0. The standard InChI is InChI=1S/C23H30Cl2F3NO3/c1-5-6-7-8-9-29-21-14(19(27)18(26)13(11-31-4)20(21)28)12-32-22(30)17-15(10-16(24)25)23(17,2)3/h10,15,17,29H,5-9,11-12H2,1-4H3/t15-,17+/m0/s1. The predicted octanol–water partition coefficient (Wildman–Crippen LogP) is 6.88. The molecular weight excluding hydrogens is 466 g/mol. The van der Waals surface area contributed by atoms with Gasteiger partial charge in [-0.1, -0.05) is 63.2 Å². The number of nitrogens with one attached hydrogen (secondary N) is 1. The van der Waals surface area contributed by atoms with Crippen LogP contribution in [0.2, 0.25) is 0 Å². The van der Waals surface area contributed by atoms with E-state index in [1.165, 1.54) is 7.11 Å². The summed E-state index contributed by atoms with van der Waals surface area (Å²) in [6, 6.07) is 0. The highest BCUT2D eigenvalue weighted by Gasteiger charge is 2.61. The number of hydrogen-bond acceptors (Lipinski definition) is 4. The van der Waals surface area contributed by atoms with Gasteiger partial charge >= 0.3 is 5.97 Å². The quantitative estimate of drug-likeness (QED) is 0.195. The fourth-order valence-electron chi connectivity index (χ4n) is 3.92. The second-order valence-electron chi connectivity index (χ2n) is 8.58. The lowest BCUT2D eigenvalue weighted by Crippen LogP contribution is -2.17. The number of methoxy groups -OCH3 is 1. The van der Waals surface area contributed by atoms with E-state index in [1.54, 1.807) is 6.08 Å². The second kappa shape index (κ2) is 11.6. The van der Waals surface area contributed by atoms with Crippen molar-refractivity contribution in [2.45, 2.75) is 59.7 Å². The third kappa shape index (κ3) is 6.12. The Labute approximate surface area is 197 Å². The Morgan fingerprint density at radius 3 is 2.31 bits per heavy atom. The number of anilines is 1. The van der Waals surface area contributed by atoms with Crippen LogP contribution in [-0.2, 0) is 27.5 Å². The first-order valence-corrected chi connectivity index (χ1v) is 11.4. The molecule has 4 nitrogen and oxygen atoms in total. The van der Waals surface area contributed by atoms with Crippen molar-refractivity contribution >= 4 is 34.9 Å². The minimum atomic E-state index is -1.35. The Balaban J connectivity index is 2.23. The largest absolute Gasteiger partial charge is 0.460 e. The van der Waals surface area contributed by atoms with E-state index in [9.17, 15) is 13.6 Å². The molecule has 0 unspecified atom stereocenters. The molecule has 1 N–H and O–H groups in total. The molecule has 32 heavy (non-hydrogen) atoms. The molecule has 1 aliphatic rings. The number of carbonyl (C=O) groups is 1. The Hall–Kier alpha value is -1.44. The normalized spacial score (nSPS) is 18.9. The Bertz CT molecular complexity index is 858. The van der Waals surface area contributed by atoms with Gasteiger partial charge in [-0.05, 0) is 23.8 Å². The molecule has 1 fully saturated rings. The molecule has 0 amide bonds. The van der Waals surface area contributed by atoms with Crippen LogP contribution < -0.4 is 5.32 Å². The number of benzene rings is 1. The van der Waals surface area contributed by atoms with Crippen molar-refractivity contribution in [2.75, 3.05) is 19.0 Å². The van der Waals surface area contributed by atoms with Gasteiger partial charge in [-0.3, -0.25) is 4.79 Å². The predicted molar refractivity (Wildman–Crippen MR) is 120 cm³/mol. The molecule has 0 radical (unpaired) electrons. The summed E-state index contributed by atoms with van der Waals surface area (Å²) in [5.41, 5.74) is -1.54. The molecule has 1 aromatic rings. The lowest BCUT2D eigenvalue weighted by Gasteiger charge is -2.18. The van der Waals surface area contributed by atoms with Gasteiger partial charge in [0.15, 0.2) is 17.5 Å². The minimum absolute atomic E-state index is 0.0388. The molecule has 0 bridgehead atoms. The molecule has 1 saturated carbocycles. The first kappa shape index (κ1) is 26.8. The summed E-state index contributed by atoms with van der Waals surface area (Å²) in [5, 5.41) is 2.85. The Morgan fingerprint density at radius 2 is 1.72 bits per heavy atom. The van der Waals surface area contributed by atoms with Gasteiger partial charge in [0.2, 0.25) is 0 Å². The molecule has 2 rings (SSSR count). The topological polar surface area (TPSA) is 47.6 Å². The maximum Gasteiger partial charge on any atom is 0.310 e. The summed E-state index contributed by atoms with van der Waals surface area (Å²) in [6.45, 7) is 5.09. The molecular formula is C23H30Cl2F3NO3. The molecule has 1 aromatic carbocycles. The van der Waals surface area contributed by atoms with E-state index in [0.717, 1.165) is 25.7 Å². The Kier molecular flexibility index (Phi) is 9.73. The van der Waals surface area contributed by atoms with Crippen LogP contribution in [0.15, 0.2) is 10.6 Å². The molecule has 0 aromatic heterocycles. The first-order chi connectivity index (χ1) is 15.1. The number of esters is 1. The van der Waals surface area contributed by atoms with E-state index in [4.69, 9.17) is 32.7 Å². The number of carbonyl (C=O) groups excluding carboxylic acids is 1. The van der Waals surface area contributed by atoms with Crippen LogP contribution in [0, 0.1) is 34.7 Å². The fourth-order valence-corrected chi connectivity index (χ4v) is 4.19. The van der Waals surface area contributed by atoms with Gasteiger partial charge in [-0.2, -0.15) is 0 Å². The van der Waals surface area contributed by atoms with Crippen molar-refractivity contribution in [3.63, 3.8) is 0 Å². The van der Waals surface area contributed by atoms with Crippen molar-refractivity contribution in [3.05, 3.63) is 39.1 Å². The van der Waals surface area contributed by atoms with Crippen LogP contribution >= 0.6 is 23.2 Å². The van der Waals surface area contributed by atoms with E-state index in [2.05, 4.69) is 12.2 Å². The van der Waals surface area contributed by atoms with Gasteiger partial charge in [0.25, 0.3) is 0 Å². The molecule has 2 atom stereocenters. The molecule has 0 saturated heterocycles. The lowest BCUT2D eigenvalue weighted by atomic mass is 10.1. The van der Waals surface area contributed by atoms with Gasteiger partial charge in [-0.15, -0.1) is 0 Å². The van der Waals surface area contributed by atoms with Crippen LogP contribution in [0.3, 0.4) is 0 Å². The zero-order valence-electron chi connectivity index (χ0n) is 18.8. The van der Waals surface area contributed by atoms with Gasteiger partial charge < -0.3 is 14.8 Å². The number of ether oxygens (including phenoxy) is 2. The van der Waals surface area contributed by atoms with Gasteiger partial charge in [-0.25, -0.2) is 13.2 Å². The van der Waals surface area contributed by atoms with E-state index < -0.39 is 53.5 Å². The van der Waals surface area contributed by atoms with E-state index in [-0.39, 0.29) is 21.7 Å². The van der Waals surface area contributed by atoms with Gasteiger partial charge in [0.05, 0.1) is 29.3 Å². The number of halogens is 5. The average molecular weight is 496 g/mol. The molecule has 0 heterocycles. The summed E-state index contributed by atoms with van der Waals surface area (Å²) < 4.78 is 54.5. The monoisotopic (exact) mass is 495 g/mol. The molecule has 180 valence electrons. The molecule has 9 heteroatoms. The fraction of sp³-hybridized carbons (Fsp3) is 0.609. The summed E-state index contributed by atoms with van der Waals surface area (Å²) in [6.07, 6.45) is 5.24. The number of allylic oxidation sites excluding steroid dienone is 1.